The largest absolute Gasteiger partial charge is 0.444 e. The Kier molecular flexibility index (Phi) is 5.47. The lowest BCUT2D eigenvalue weighted by Gasteiger charge is -2.36. The van der Waals surface area contributed by atoms with Crippen LogP contribution in [-0.2, 0) is 11.3 Å². The summed E-state index contributed by atoms with van der Waals surface area (Å²) < 4.78 is 7.45. The Balaban J connectivity index is 1.81. The van der Waals surface area contributed by atoms with Crippen molar-refractivity contribution in [2.24, 2.45) is 0 Å². The topological polar surface area (TPSA) is 63.5 Å². The Bertz CT molecular complexity index is 898. The Labute approximate surface area is 164 Å². The van der Waals surface area contributed by atoms with E-state index in [1.807, 2.05) is 31.4 Å². The van der Waals surface area contributed by atoms with E-state index in [2.05, 4.69) is 21.7 Å². The van der Waals surface area contributed by atoms with Gasteiger partial charge in [-0.15, -0.1) is 5.92 Å². The second-order valence-corrected chi connectivity index (χ2v) is 7.71. The molecule has 144 valence electrons. The van der Waals surface area contributed by atoms with E-state index in [-0.39, 0.29) is 6.09 Å². The number of pyridine rings is 1. The van der Waals surface area contributed by atoms with E-state index in [0.717, 1.165) is 17.0 Å². The lowest BCUT2D eigenvalue weighted by Crippen LogP contribution is -2.50. The third-order valence-corrected chi connectivity index (χ3v) is 4.49. The molecule has 1 amide bonds. The summed E-state index contributed by atoms with van der Waals surface area (Å²) in [7, 11) is 0. The molecule has 0 radical (unpaired) electrons. The Morgan fingerprint density at radius 3 is 2.63 bits per heavy atom. The number of piperazine rings is 1. The van der Waals surface area contributed by atoms with Gasteiger partial charge >= 0.3 is 6.09 Å². The number of nitrogens with zero attached hydrogens (tertiary/aromatic N) is 5. The molecule has 2 aromatic rings. The summed E-state index contributed by atoms with van der Waals surface area (Å²) in [5, 5.41) is 0.413. The fraction of sp³-hybridized carbons (Fsp3) is 0.526. The molecule has 0 N–H and O–H groups in total. The van der Waals surface area contributed by atoms with Crippen LogP contribution < -0.4 is 4.90 Å². The standard InChI is InChI=1S/C19H24ClN5O2/c1-5-6-9-25-15-14(7-8-21-16(15)20)22-17(25)23-10-12-24(13-11-23)18(26)27-19(2,3)4/h7-8H,9-13H2,1-4H3. The normalized spacial score (nSPS) is 14.9. The predicted octanol–water partition coefficient (Wildman–Crippen LogP) is 3.17. The summed E-state index contributed by atoms with van der Waals surface area (Å²) in [6, 6.07) is 1.84. The number of aromatic nitrogens is 3. The second-order valence-electron chi connectivity index (χ2n) is 7.35. The summed E-state index contributed by atoms with van der Waals surface area (Å²) >= 11 is 6.31. The van der Waals surface area contributed by atoms with E-state index in [0.29, 0.717) is 37.9 Å². The highest BCUT2D eigenvalue weighted by molar-refractivity contribution is 6.33. The minimum atomic E-state index is -0.495. The number of carbonyl (C=O) groups is 1. The molecule has 0 spiro atoms. The minimum absolute atomic E-state index is 0.278. The van der Waals surface area contributed by atoms with Gasteiger partial charge in [-0.2, -0.15) is 0 Å². The van der Waals surface area contributed by atoms with Gasteiger partial charge in [0.05, 0.1) is 12.1 Å². The van der Waals surface area contributed by atoms with Crippen molar-refractivity contribution in [2.45, 2.75) is 39.8 Å². The van der Waals surface area contributed by atoms with E-state index < -0.39 is 5.60 Å². The molecule has 2 aromatic heterocycles. The Morgan fingerprint density at radius 2 is 2.00 bits per heavy atom. The summed E-state index contributed by atoms with van der Waals surface area (Å²) in [5.74, 6) is 6.79. The Morgan fingerprint density at radius 1 is 1.30 bits per heavy atom. The van der Waals surface area contributed by atoms with Gasteiger partial charge in [0, 0.05) is 32.4 Å². The van der Waals surface area contributed by atoms with Crippen LogP contribution in [0.3, 0.4) is 0 Å². The molecule has 27 heavy (non-hydrogen) atoms. The fourth-order valence-corrected chi connectivity index (χ4v) is 3.25. The van der Waals surface area contributed by atoms with Crippen LogP contribution in [0, 0.1) is 11.8 Å². The maximum absolute atomic E-state index is 12.3. The molecule has 1 saturated heterocycles. The van der Waals surface area contributed by atoms with Crippen LogP contribution in [0.5, 0.6) is 0 Å². The van der Waals surface area contributed by atoms with Crippen molar-refractivity contribution in [3.63, 3.8) is 0 Å². The molecule has 0 atom stereocenters. The van der Waals surface area contributed by atoms with Gasteiger partial charge in [-0.05, 0) is 33.8 Å². The molecule has 0 unspecified atom stereocenters. The van der Waals surface area contributed by atoms with E-state index >= 15 is 0 Å². The van der Waals surface area contributed by atoms with E-state index in [9.17, 15) is 4.79 Å². The number of anilines is 1. The van der Waals surface area contributed by atoms with Gasteiger partial charge in [-0.1, -0.05) is 17.5 Å². The molecule has 0 bridgehead atoms. The van der Waals surface area contributed by atoms with Crippen LogP contribution in [-0.4, -0.2) is 57.3 Å². The number of ether oxygens (including phenoxy) is 1. The average Bonchev–Trinajstić information content (AvgIpc) is 2.98. The zero-order valence-corrected chi connectivity index (χ0v) is 16.9. The summed E-state index contributed by atoms with van der Waals surface area (Å²) in [6.45, 7) is 10.4. The van der Waals surface area contributed by atoms with Crippen molar-refractivity contribution in [1.82, 2.24) is 19.4 Å². The van der Waals surface area contributed by atoms with Crippen LogP contribution in [0.1, 0.15) is 27.7 Å². The SMILES string of the molecule is CC#CCn1c(N2CCN(C(=O)OC(C)(C)C)CC2)nc2ccnc(Cl)c21. The van der Waals surface area contributed by atoms with Gasteiger partial charge in [0.15, 0.2) is 5.15 Å². The number of halogens is 1. The molecule has 0 aromatic carbocycles. The molecule has 1 aliphatic rings. The third-order valence-electron chi connectivity index (χ3n) is 4.22. The van der Waals surface area contributed by atoms with Crippen molar-refractivity contribution in [3.8, 4) is 11.8 Å². The molecule has 1 aliphatic heterocycles. The zero-order valence-electron chi connectivity index (χ0n) is 16.1. The summed E-state index contributed by atoms with van der Waals surface area (Å²) in [5.41, 5.74) is 1.08. The Hall–Kier alpha value is -2.46. The zero-order chi connectivity index (χ0) is 19.6. The highest BCUT2D eigenvalue weighted by Gasteiger charge is 2.28. The summed E-state index contributed by atoms with van der Waals surface area (Å²) in [4.78, 5) is 25.1. The van der Waals surface area contributed by atoms with E-state index in [1.54, 1.807) is 18.0 Å². The number of rotatable bonds is 2. The van der Waals surface area contributed by atoms with Gasteiger partial charge in [0.2, 0.25) is 5.95 Å². The minimum Gasteiger partial charge on any atom is -0.444 e. The number of hydrogen-bond donors (Lipinski definition) is 0. The first-order valence-corrected chi connectivity index (χ1v) is 9.31. The highest BCUT2D eigenvalue weighted by Crippen LogP contribution is 2.27. The molecule has 3 rings (SSSR count). The number of fused-ring (bicyclic) bond motifs is 1. The first kappa shape index (κ1) is 19.3. The number of imidazole rings is 1. The predicted molar refractivity (Wildman–Crippen MR) is 106 cm³/mol. The first-order valence-electron chi connectivity index (χ1n) is 8.93. The van der Waals surface area contributed by atoms with Crippen LogP contribution in [0.4, 0.5) is 10.7 Å². The average molecular weight is 390 g/mol. The van der Waals surface area contributed by atoms with Crippen LogP contribution in [0.2, 0.25) is 5.15 Å². The molecule has 0 aliphatic carbocycles. The van der Waals surface area contributed by atoms with Gasteiger partial charge < -0.3 is 14.5 Å². The highest BCUT2D eigenvalue weighted by atomic mass is 35.5. The third kappa shape index (κ3) is 4.28. The van der Waals surface area contributed by atoms with E-state index in [4.69, 9.17) is 21.3 Å². The van der Waals surface area contributed by atoms with Crippen LogP contribution in [0.25, 0.3) is 11.0 Å². The van der Waals surface area contributed by atoms with Gasteiger partial charge in [-0.3, -0.25) is 4.57 Å². The molecule has 7 nitrogen and oxygen atoms in total. The smallest absolute Gasteiger partial charge is 0.410 e. The maximum Gasteiger partial charge on any atom is 0.410 e. The maximum atomic E-state index is 12.3. The van der Waals surface area contributed by atoms with Crippen molar-refractivity contribution in [1.29, 1.82) is 0 Å². The summed E-state index contributed by atoms with van der Waals surface area (Å²) in [6.07, 6.45) is 1.37. The lowest BCUT2D eigenvalue weighted by atomic mass is 10.2. The fourth-order valence-electron chi connectivity index (χ4n) is 2.99. The monoisotopic (exact) mass is 389 g/mol. The van der Waals surface area contributed by atoms with Gasteiger partial charge in [0.25, 0.3) is 0 Å². The molecule has 3 heterocycles. The quantitative estimate of drug-likeness (QED) is 0.583. The molecular weight excluding hydrogens is 366 g/mol. The van der Waals surface area contributed by atoms with Crippen molar-refractivity contribution >= 4 is 34.7 Å². The van der Waals surface area contributed by atoms with Gasteiger partial charge in [-0.25, -0.2) is 14.8 Å². The number of amides is 1. The number of carbonyl (C=O) groups excluding carboxylic acids is 1. The van der Waals surface area contributed by atoms with E-state index in [1.165, 1.54) is 0 Å². The van der Waals surface area contributed by atoms with Crippen molar-refractivity contribution in [2.75, 3.05) is 31.1 Å². The van der Waals surface area contributed by atoms with Crippen LogP contribution >= 0.6 is 11.6 Å². The molecule has 1 fully saturated rings. The number of hydrogen-bond acceptors (Lipinski definition) is 5. The van der Waals surface area contributed by atoms with Crippen LogP contribution in [0.15, 0.2) is 12.3 Å². The second kappa shape index (κ2) is 7.65. The van der Waals surface area contributed by atoms with Crippen molar-refractivity contribution < 1.29 is 9.53 Å². The molecule has 8 heteroatoms. The molecular formula is C19H24ClN5O2. The molecule has 0 saturated carbocycles. The first-order chi connectivity index (χ1) is 12.8. The van der Waals surface area contributed by atoms with Crippen molar-refractivity contribution in [3.05, 3.63) is 17.4 Å². The van der Waals surface area contributed by atoms with Gasteiger partial charge in [0.1, 0.15) is 11.1 Å². The lowest BCUT2D eigenvalue weighted by molar-refractivity contribution is 0.0240.